The Labute approximate surface area is 113 Å². The van der Waals surface area contributed by atoms with Crippen LogP contribution in [-0.2, 0) is 6.54 Å². The Balaban J connectivity index is 0.00000162. The zero-order valence-corrected chi connectivity index (χ0v) is 11.3. The zero-order chi connectivity index (χ0) is 12.3. The maximum Gasteiger partial charge on any atom is 0.127 e. The summed E-state index contributed by atoms with van der Waals surface area (Å²) in [6.45, 7) is 3.41. The van der Waals surface area contributed by atoms with E-state index in [4.69, 9.17) is 0 Å². The fourth-order valence-electron chi connectivity index (χ4n) is 2.42. The van der Waals surface area contributed by atoms with Gasteiger partial charge in [-0.3, -0.25) is 4.90 Å². The Bertz CT molecular complexity index is 387. The lowest BCUT2D eigenvalue weighted by Gasteiger charge is -2.16. The minimum absolute atomic E-state index is 0. The molecule has 0 spiro atoms. The Morgan fingerprint density at radius 3 is 2.89 bits per heavy atom. The predicted molar refractivity (Wildman–Crippen MR) is 70.9 cm³/mol. The average molecular weight is 277 g/mol. The number of likely N-dealkylation sites (tertiary alicyclic amines) is 1. The Kier molecular flexibility index (Phi) is 5.99. The maximum atomic E-state index is 13.5. The first-order valence-corrected chi connectivity index (χ1v) is 6.00. The van der Waals surface area contributed by atoms with Gasteiger partial charge in [0, 0.05) is 18.7 Å². The summed E-state index contributed by atoms with van der Waals surface area (Å²) < 4.78 is 26.5. The van der Waals surface area contributed by atoms with E-state index < -0.39 is 0 Å². The van der Waals surface area contributed by atoms with E-state index >= 15 is 0 Å². The molecule has 5 heteroatoms. The Hall–Kier alpha value is -0.710. The molecule has 102 valence electrons. The highest BCUT2D eigenvalue weighted by molar-refractivity contribution is 5.85. The van der Waals surface area contributed by atoms with Crippen LogP contribution in [-0.4, -0.2) is 31.6 Å². The van der Waals surface area contributed by atoms with Gasteiger partial charge in [0.25, 0.3) is 0 Å². The van der Waals surface area contributed by atoms with Crippen LogP contribution in [0.4, 0.5) is 8.78 Å². The monoisotopic (exact) mass is 276 g/mol. The molecular weight excluding hydrogens is 258 g/mol. The van der Waals surface area contributed by atoms with Crippen molar-refractivity contribution in [2.24, 2.45) is 5.92 Å². The highest BCUT2D eigenvalue weighted by atomic mass is 35.5. The summed E-state index contributed by atoms with van der Waals surface area (Å²) in [5, 5.41) is 3.15. The van der Waals surface area contributed by atoms with Gasteiger partial charge in [-0.05, 0) is 50.7 Å². The Morgan fingerprint density at radius 1 is 1.39 bits per heavy atom. The largest absolute Gasteiger partial charge is 0.319 e. The SMILES string of the molecule is CNCC1CCN(Cc2cc(F)ccc2F)C1.Cl. The van der Waals surface area contributed by atoms with E-state index in [-0.39, 0.29) is 24.0 Å². The number of nitrogens with one attached hydrogen (secondary N) is 1. The van der Waals surface area contributed by atoms with E-state index in [1.807, 2.05) is 7.05 Å². The molecule has 18 heavy (non-hydrogen) atoms. The van der Waals surface area contributed by atoms with Gasteiger partial charge >= 0.3 is 0 Å². The average Bonchev–Trinajstić information content (AvgIpc) is 2.72. The molecule has 1 aromatic rings. The maximum absolute atomic E-state index is 13.5. The van der Waals surface area contributed by atoms with Crippen LogP contribution in [0.15, 0.2) is 18.2 Å². The van der Waals surface area contributed by atoms with Crippen molar-refractivity contribution in [3.63, 3.8) is 0 Å². The molecule has 1 aliphatic rings. The van der Waals surface area contributed by atoms with Gasteiger partial charge in [0.15, 0.2) is 0 Å². The molecule has 0 saturated carbocycles. The second kappa shape index (κ2) is 7.02. The number of rotatable bonds is 4. The zero-order valence-electron chi connectivity index (χ0n) is 10.5. The van der Waals surface area contributed by atoms with Crippen LogP contribution < -0.4 is 5.32 Å². The fraction of sp³-hybridized carbons (Fsp3) is 0.538. The standard InChI is InChI=1S/C13H18F2N2.ClH/c1-16-7-10-4-5-17(8-10)9-11-6-12(14)2-3-13(11)15;/h2-3,6,10,16H,4-5,7-9H2,1H3;1H. The van der Waals surface area contributed by atoms with Gasteiger partial charge in [-0.2, -0.15) is 0 Å². The highest BCUT2D eigenvalue weighted by Crippen LogP contribution is 2.19. The van der Waals surface area contributed by atoms with Crippen LogP contribution in [0.1, 0.15) is 12.0 Å². The molecule has 1 aliphatic heterocycles. The van der Waals surface area contributed by atoms with Crippen LogP contribution in [0.25, 0.3) is 0 Å². The third kappa shape index (κ3) is 3.90. The quantitative estimate of drug-likeness (QED) is 0.909. The molecule has 1 atom stereocenters. The first-order valence-electron chi connectivity index (χ1n) is 6.00. The first kappa shape index (κ1) is 15.3. The number of hydrogen-bond acceptors (Lipinski definition) is 2. The molecule has 0 amide bonds. The molecule has 2 rings (SSSR count). The number of halogens is 3. The number of benzene rings is 1. The van der Waals surface area contributed by atoms with Gasteiger partial charge in [0.1, 0.15) is 11.6 Å². The number of hydrogen-bond donors (Lipinski definition) is 1. The molecule has 2 nitrogen and oxygen atoms in total. The molecule has 1 aromatic carbocycles. The lowest BCUT2D eigenvalue weighted by atomic mass is 10.1. The lowest BCUT2D eigenvalue weighted by Crippen LogP contribution is -2.24. The molecule has 1 heterocycles. The smallest absolute Gasteiger partial charge is 0.127 e. The minimum atomic E-state index is -0.368. The van der Waals surface area contributed by atoms with Crippen LogP contribution >= 0.6 is 12.4 Å². The molecule has 0 bridgehead atoms. The molecular formula is C13H19ClF2N2. The van der Waals surface area contributed by atoms with Gasteiger partial charge in [-0.15, -0.1) is 12.4 Å². The van der Waals surface area contributed by atoms with E-state index in [0.29, 0.717) is 18.0 Å². The van der Waals surface area contributed by atoms with Crippen molar-refractivity contribution in [1.29, 1.82) is 0 Å². The summed E-state index contributed by atoms with van der Waals surface area (Å²) in [6.07, 6.45) is 1.12. The second-order valence-electron chi connectivity index (χ2n) is 4.68. The molecule has 1 N–H and O–H groups in total. The third-order valence-electron chi connectivity index (χ3n) is 3.26. The molecule has 0 radical (unpaired) electrons. The summed E-state index contributed by atoms with van der Waals surface area (Å²) in [4.78, 5) is 2.18. The van der Waals surface area contributed by atoms with Crippen LogP contribution in [0.5, 0.6) is 0 Å². The van der Waals surface area contributed by atoms with Crippen LogP contribution in [0, 0.1) is 17.6 Å². The van der Waals surface area contributed by atoms with E-state index in [9.17, 15) is 8.78 Å². The molecule has 1 saturated heterocycles. The molecule has 0 aromatic heterocycles. The van der Waals surface area contributed by atoms with Crippen molar-refractivity contribution in [2.45, 2.75) is 13.0 Å². The van der Waals surface area contributed by atoms with Crippen molar-refractivity contribution >= 4 is 12.4 Å². The van der Waals surface area contributed by atoms with Gasteiger partial charge in [-0.25, -0.2) is 8.78 Å². The molecule has 1 fully saturated rings. The van der Waals surface area contributed by atoms with Crippen molar-refractivity contribution in [3.8, 4) is 0 Å². The summed E-state index contributed by atoms with van der Waals surface area (Å²) in [5.74, 6) is -0.0625. The second-order valence-corrected chi connectivity index (χ2v) is 4.68. The van der Waals surface area contributed by atoms with Gasteiger partial charge < -0.3 is 5.32 Å². The first-order chi connectivity index (χ1) is 8.19. The van der Waals surface area contributed by atoms with E-state index in [1.54, 1.807) is 0 Å². The van der Waals surface area contributed by atoms with E-state index in [0.717, 1.165) is 32.1 Å². The topological polar surface area (TPSA) is 15.3 Å². The van der Waals surface area contributed by atoms with Gasteiger partial charge in [0.05, 0.1) is 0 Å². The minimum Gasteiger partial charge on any atom is -0.319 e. The summed E-state index contributed by atoms with van der Waals surface area (Å²) in [7, 11) is 1.94. The third-order valence-corrected chi connectivity index (χ3v) is 3.26. The van der Waals surface area contributed by atoms with Crippen molar-refractivity contribution in [1.82, 2.24) is 10.2 Å². The lowest BCUT2D eigenvalue weighted by molar-refractivity contribution is 0.309. The van der Waals surface area contributed by atoms with Crippen LogP contribution in [0.2, 0.25) is 0 Å². The summed E-state index contributed by atoms with van der Waals surface area (Å²) in [6, 6.07) is 3.65. The Morgan fingerprint density at radius 2 is 2.17 bits per heavy atom. The van der Waals surface area contributed by atoms with Gasteiger partial charge in [-0.1, -0.05) is 0 Å². The summed E-state index contributed by atoms with van der Waals surface area (Å²) >= 11 is 0. The number of nitrogens with zero attached hydrogens (tertiary/aromatic N) is 1. The van der Waals surface area contributed by atoms with Gasteiger partial charge in [0.2, 0.25) is 0 Å². The van der Waals surface area contributed by atoms with Crippen molar-refractivity contribution in [3.05, 3.63) is 35.4 Å². The summed E-state index contributed by atoms with van der Waals surface area (Å²) in [5.41, 5.74) is 0.454. The van der Waals surface area contributed by atoms with E-state index in [1.165, 1.54) is 12.1 Å². The van der Waals surface area contributed by atoms with Crippen LogP contribution in [0.3, 0.4) is 0 Å². The highest BCUT2D eigenvalue weighted by Gasteiger charge is 2.22. The normalized spacial score (nSPS) is 19.8. The van der Waals surface area contributed by atoms with Crippen molar-refractivity contribution < 1.29 is 8.78 Å². The van der Waals surface area contributed by atoms with E-state index in [2.05, 4.69) is 10.2 Å². The van der Waals surface area contributed by atoms with Crippen molar-refractivity contribution in [2.75, 3.05) is 26.7 Å². The fourth-order valence-corrected chi connectivity index (χ4v) is 2.42. The molecule has 1 unspecified atom stereocenters. The molecule has 0 aliphatic carbocycles. The predicted octanol–water partition coefficient (Wildman–Crippen LogP) is 2.43.